The van der Waals surface area contributed by atoms with Crippen LogP contribution >= 0.6 is 0 Å². The maximum Gasteiger partial charge on any atom is 0.241 e. The van der Waals surface area contributed by atoms with E-state index in [0.717, 1.165) is 56.9 Å². The van der Waals surface area contributed by atoms with Crippen LogP contribution in [0.5, 0.6) is 0 Å². The van der Waals surface area contributed by atoms with Gasteiger partial charge in [-0.15, -0.1) is 0 Å². The van der Waals surface area contributed by atoms with Crippen molar-refractivity contribution in [2.45, 2.75) is 84.1 Å². The van der Waals surface area contributed by atoms with Crippen LogP contribution < -0.4 is 5.32 Å². The topological polar surface area (TPSA) is 52.9 Å². The summed E-state index contributed by atoms with van der Waals surface area (Å²) in [6, 6.07) is 9.51. The predicted molar refractivity (Wildman–Crippen MR) is 128 cm³/mol. The Kier molecular flexibility index (Phi) is 6.46. The number of hydrogen-bond acceptors (Lipinski definition) is 2. The molecule has 1 amide bonds. The Bertz CT molecular complexity index is 940. The van der Waals surface area contributed by atoms with Crippen LogP contribution in [0, 0.1) is 58.2 Å². The molecule has 0 saturated heterocycles. The summed E-state index contributed by atoms with van der Waals surface area (Å²) >= 11 is 0. The Morgan fingerprint density at radius 3 is 2.47 bits per heavy atom. The number of rotatable bonds is 4. The van der Waals surface area contributed by atoms with E-state index in [4.69, 9.17) is 5.26 Å². The number of alkyl halides is 2. The minimum absolute atomic E-state index is 0.0443. The molecule has 0 aliphatic heterocycles. The van der Waals surface area contributed by atoms with Crippen LogP contribution in [0.15, 0.2) is 24.3 Å². The number of halogens is 2. The van der Waals surface area contributed by atoms with Gasteiger partial charge >= 0.3 is 0 Å². The van der Waals surface area contributed by atoms with Crippen LogP contribution in [-0.4, -0.2) is 12.3 Å². The molecule has 5 heteroatoms. The number of carbonyl (C=O) groups is 1. The molecule has 0 spiro atoms. The van der Waals surface area contributed by atoms with Crippen LogP contribution in [0.3, 0.4) is 0 Å². The molecule has 4 fully saturated rings. The van der Waals surface area contributed by atoms with E-state index < -0.39 is 6.43 Å². The number of hydrogen-bond donors (Lipinski definition) is 1. The van der Waals surface area contributed by atoms with Gasteiger partial charge in [-0.2, -0.15) is 5.26 Å². The molecule has 184 valence electrons. The summed E-state index contributed by atoms with van der Waals surface area (Å²) in [5, 5.41) is 12.3. The van der Waals surface area contributed by atoms with Crippen molar-refractivity contribution < 1.29 is 13.6 Å². The maximum atomic E-state index is 13.5. The summed E-state index contributed by atoms with van der Waals surface area (Å²) in [5.74, 6) is 2.88. The molecule has 1 aromatic carbocycles. The smallest absolute Gasteiger partial charge is 0.241 e. The summed E-state index contributed by atoms with van der Waals surface area (Å²) in [5.41, 5.74) is 1.69. The van der Waals surface area contributed by atoms with E-state index in [1.54, 1.807) is 12.1 Å². The largest absolute Gasteiger partial charge is 0.349 e. The first-order valence-corrected chi connectivity index (χ1v) is 13.4. The summed E-state index contributed by atoms with van der Waals surface area (Å²) < 4.78 is 26.7. The highest BCUT2D eigenvalue weighted by atomic mass is 19.3. The van der Waals surface area contributed by atoms with E-state index in [0.29, 0.717) is 41.6 Å². The van der Waals surface area contributed by atoms with Crippen molar-refractivity contribution in [3.8, 4) is 6.07 Å². The average Bonchev–Trinajstić information content (AvgIpc) is 3.20. The maximum absolute atomic E-state index is 13.5. The number of benzene rings is 1. The van der Waals surface area contributed by atoms with E-state index in [2.05, 4.69) is 18.3 Å². The standard InChI is InChI=1S/C29H38F2N2O/c1-17(19-5-3-18(16-32)4-6-19)33-28(34)26-12-11-25-24-10-7-20-15-21(27(30)31)8-9-22(20)23(24)13-14-29(25,26)2/h3-6,17,20-27H,7-15H2,1-2H3,(H,33,34). The molecule has 0 bridgehead atoms. The monoisotopic (exact) mass is 468 g/mol. The number of nitriles is 1. The van der Waals surface area contributed by atoms with Gasteiger partial charge in [0.15, 0.2) is 0 Å². The zero-order chi connectivity index (χ0) is 24.0. The van der Waals surface area contributed by atoms with Crippen molar-refractivity contribution in [2.24, 2.45) is 46.8 Å². The van der Waals surface area contributed by atoms with Crippen molar-refractivity contribution in [2.75, 3.05) is 0 Å². The van der Waals surface area contributed by atoms with Crippen molar-refractivity contribution in [3.63, 3.8) is 0 Å². The number of carbonyl (C=O) groups excluding carboxylic acids is 1. The Balaban J connectivity index is 1.25. The zero-order valence-electron chi connectivity index (χ0n) is 20.5. The third-order valence-corrected chi connectivity index (χ3v) is 10.6. The summed E-state index contributed by atoms with van der Waals surface area (Å²) in [7, 11) is 0. The van der Waals surface area contributed by atoms with E-state index in [9.17, 15) is 13.6 Å². The molecular weight excluding hydrogens is 430 g/mol. The zero-order valence-corrected chi connectivity index (χ0v) is 20.5. The van der Waals surface area contributed by atoms with Gasteiger partial charge in [0.25, 0.3) is 0 Å². The predicted octanol–water partition coefficient (Wildman–Crippen LogP) is 6.89. The molecule has 5 rings (SSSR count). The normalized spacial score (nSPS) is 39.9. The van der Waals surface area contributed by atoms with Gasteiger partial charge < -0.3 is 5.32 Å². The second-order valence-corrected chi connectivity index (χ2v) is 12.0. The molecule has 3 nitrogen and oxygen atoms in total. The highest BCUT2D eigenvalue weighted by Gasteiger charge is 2.58. The minimum Gasteiger partial charge on any atom is -0.349 e. The van der Waals surface area contributed by atoms with E-state index in [-0.39, 0.29) is 29.2 Å². The Labute approximate surface area is 202 Å². The van der Waals surface area contributed by atoms with Crippen LogP contribution in [0.2, 0.25) is 0 Å². The number of fused-ring (bicyclic) bond motifs is 5. The first kappa shape index (κ1) is 23.8. The molecule has 0 aromatic heterocycles. The second kappa shape index (κ2) is 9.25. The molecule has 0 radical (unpaired) electrons. The summed E-state index contributed by atoms with van der Waals surface area (Å²) in [4.78, 5) is 13.5. The first-order valence-electron chi connectivity index (χ1n) is 13.4. The van der Waals surface area contributed by atoms with Crippen LogP contribution in [0.25, 0.3) is 0 Å². The highest BCUT2D eigenvalue weighted by molar-refractivity contribution is 5.80. The average molecular weight is 469 g/mol. The Morgan fingerprint density at radius 1 is 1.03 bits per heavy atom. The van der Waals surface area contributed by atoms with Gasteiger partial charge in [-0.1, -0.05) is 19.1 Å². The van der Waals surface area contributed by atoms with E-state index in [1.807, 2.05) is 19.1 Å². The van der Waals surface area contributed by atoms with Gasteiger partial charge in [0.1, 0.15) is 0 Å². The van der Waals surface area contributed by atoms with Gasteiger partial charge in [-0.3, -0.25) is 4.79 Å². The van der Waals surface area contributed by atoms with E-state index in [1.165, 1.54) is 0 Å². The molecule has 9 unspecified atom stereocenters. The third kappa shape index (κ3) is 4.06. The second-order valence-electron chi connectivity index (χ2n) is 12.0. The lowest BCUT2D eigenvalue weighted by atomic mass is 9.49. The lowest BCUT2D eigenvalue weighted by molar-refractivity contribution is -0.133. The van der Waals surface area contributed by atoms with Crippen LogP contribution in [0.1, 0.15) is 88.8 Å². The molecule has 34 heavy (non-hydrogen) atoms. The van der Waals surface area contributed by atoms with Gasteiger partial charge in [0, 0.05) is 11.8 Å². The molecule has 1 N–H and O–H groups in total. The van der Waals surface area contributed by atoms with Crippen molar-refractivity contribution >= 4 is 5.91 Å². The molecule has 1 aromatic rings. The van der Waals surface area contributed by atoms with E-state index >= 15 is 0 Å². The quantitative estimate of drug-likeness (QED) is 0.523. The molecular formula is C29H38F2N2O. The summed E-state index contributed by atoms with van der Waals surface area (Å²) in [6.07, 6.45) is 6.84. The first-order chi connectivity index (χ1) is 16.3. The minimum atomic E-state index is -2.16. The SMILES string of the molecule is CC(NC(=O)C1CCC2C3CCC4CC(C(F)F)CCC4C3CCC12C)c1ccc(C#N)cc1. The fourth-order valence-corrected chi connectivity index (χ4v) is 8.79. The Hall–Kier alpha value is -1.96. The highest BCUT2D eigenvalue weighted by Crippen LogP contribution is 2.64. The number of amides is 1. The molecule has 9 atom stereocenters. The van der Waals surface area contributed by atoms with Gasteiger partial charge in [0.2, 0.25) is 12.3 Å². The lowest BCUT2D eigenvalue weighted by Gasteiger charge is -2.56. The molecule has 4 aliphatic carbocycles. The third-order valence-electron chi connectivity index (χ3n) is 10.6. The number of nitrogens with one attached hydrogen (secondary N) is 1. The molecule has 4 saturated carbocycles. The lowest BCUT2D eigenvalue weighted by Crippen LogP contribution is -2.50. The van der Waals surface area contributed by atoms with Crippen LogP contribution in [0.4, 0.5) is 8.78 Å². The van der Waals surface area contributed by atoms with Crippen molar-refractivity contribution in [1.82, 2.24) is 5.32 Å². The molecule has 4 aliphatic rings. The van der Waals surface area contributed by atoms with Gasteiger partial charge in [0.05, 0.1) is 17.7 Å². The van der Waals surface area contributed by atoms with Crippen molar-refractivity contribution in [3.05, 3.63) is 35.4 Å². The number of nitrogens with zero attached hydrogens (tertiary/aromatic N) is 1. The van der Waals surface area contributed by atoms with Crippen molar-refractivity contribution in [1.29, 1.82) is 5.26 Å². The van der Waals surface area contributed by atoms with Gasteiger partial charge in [-0.25, -0.2) is 8.78 Å². The fourth-order valence-electron chi connectivity index (χ4n) is 8.79. The molecule has 0 heterocycles. The van der Waals surface area contributed by atoms with Crippen LogP contribution in [-0.2, 0) is 4.79 Å². The summed E-state index contributed by atoms with van der Waals surface area (Å²) in [6.45, 7) is 4.37. The van der Waals surface area contributed by atoms with Gasteiger partial charge in [-0.05, 0) is 117 Å². The fraction of sp³-hybridized carbons (Fsp3) is 0.724. The Morgan fingerprint density at radius 2 is 1.76 bits per heavy atom.